The van der Waals surface area contributed by atoms with E-state index < -0.39 is 5.97 Å². The van der Waals surface area contributed by atoms with Crippen LogP contribution in [0.5, 0.6) is 0 Å². The molecule has 5 nitrogen and oxygen atoms in total. The molecule has 0 aromatic carbocycles. The first-order valence-electron chi connectivity index (χ1n) is 3.09. The van der Waals surface area contributed by atoms with E-state index in [1.54, 1.807) is 0 Å². The van der Waals surface area contributed by atoms with E-state index >= 15 is 0 Å². The minimum Gasteiger partial charge on any atom is -0.480 e. The molecule has 0 spiro atoms. The molecule has 6 heteroatoms. The van der Waals surface area contributed by atoms with Gasteiger partial charge in [-0.25, -0.2) is 4.68 Å². The second kappa shape index (κ2) is 3.36. The van der Waals surface area contributed by atoms with E-state index in [9.17, 15) is 4.79 Å². The van der Waals surface area contributed by atoms with Crippen LogP contribution in [-0.4, -0.2) is 20.9 Å². The summed E-state index contributed by atoms with van der Waals surface area (Å²) in [4.78, 5) is 10.2. The fourth-order valence-corrected chi connectivity index (χ4v) is 0.839. The number of hydrogen-bond acceptors (Lipinski definition) is 3. The van der Waals surface area contributed by atoms with Gasteiger partial charge in [-0.05, 0) is 12.1 Å². The molecule has 0 bridgehead atoms. The standard InChI is InChI=1S/C6H6ClN3O2/c7-4-1-2-5(8)10(9-4)3-6(11)12/h1-2,8H,3H2,(H,11,12). The number of halogens is 1. The second-order valence-corrected chi connectivity index (χ2v) is 2.48. The summed E-state index contributed by atoms with van der Waals surface area (Å²) in [5.74, 6) is -1.05. The van der Waals surface area contributed by atoms with Crippen LogP contribution in [0.1, 0.15) is 0 Å². The lowest BCUT2D eigenvalue weighted by molar-refractivity contribution is -0.138. The minimum absolute atomic E-state index is 0.0156. The van der Waals surface area contributed by atoms with Crippen LogP contribution in [-0.2, 0) is 11.3 Å². The molecule has 0 unspecified atom stereocenters. The van der Waals surface area contributed by atoms with Crippen molar-refractivity contribution >= 4 is 17.6 Å². The van der Waals surface area contributed by atoms with Gasteiger partial charge in [-0.1, -0.05) is 11.6 Å². The smallest absolute Gasteiger partial charge is 0.325 e. The Hall–Kier alpha value is -1.36. The second-order valence-electron chi connectivity index (χ2n) is 2.09. The van der Waals surface area contributed by atoms with Crippen molar-refractivity contribution in [1.29, 1.82) is 5.41 Å². The summed E-state index contributed by atoms with van der Waals surface area (Å²) >= 11 is 5.49. The molecule has 0 atom stereocenters. The monoisotopic (exact) mass is 187 g/mol. The Bertz CT molecular complexity index is 360. The van der Waals surface area contributed by atoms with E-state index in [1.807, 2.05) is 0 Å². The zero-order valence-electron chi connectivity index (χ0n) is 5.99. The average molecular weight is 188 g/mol. The molecule has 0 saturated carbocycles. The molecule has 0 aliphatic carbocycles. The van der Waals surface area contributed by atoms with Gasteiger partial charge in [0.1, 0.15) is 17.2 Å². The van der Waals surface area contributed by atoms with Crippen molar-refractivity contribution in [3.05, 3.63) is 22.8 Å². The Morgan fingerprint density at radius 1 is 1.75 bits per heavy atom. The third kappa shape index (κ3) is 2.06. The van der Waals surface area contributed by atoms with Crippen LogP contribution in [0, 0.1) is 5.41 Å². The minimum atomic E-state index is -1.05. The normalized spacial score (nSPS) is 9.75. The Kier molecular flexibility index (Phi) is 2.44. The van der Waals surface area contributed by atoms with Crippen LogP contribution < -0.4 is 5.49 Å². The molecular weight excluding hydrogens is 182 g/mol. The van der Waals surface area contributed by atoms with Gasteiger partial charge in [-0.2, -0.15) is 5.10 Å². The predicted molar refractivity (Wildman–Crippen MR) is 40.7 cm³/mol. The quantitative estimate of drug-likeness (QED) is 0.689. The number of aromatic nitrogens is 2. The van der Waals surface area contributed by atoms with Crippen LogP contribution in [0.3, 0.4) is 0 Å². The number of nitrogens with zero attached hydrogens (tertiary/aromatic N) is 2. The van der Waals surface area contributed by atoms with Crippen molar-refractivity contribution in [2.24, 2.45) is 0 Å². The van der Waals surface area contributed by atoms with Gasteiger partial charge in [0, 0.05) is 0 Å². The fraction of sp³-hybridized carbons (Fsp3) is 0.167. The van der Waals surface area contributed by atoms with Gasteiger partial charge < -0.3 is 5.11 Å². The summed E-state index contributed by atoms with van der Waals surface area (Å²) < 4.78 is 1.00. The number of carboxylic acid groups (broad SMARTS) is 1. The first-order valence-corrected chi connectivity index (χ1v) is 3.47. The molecule has 0 radical (unpaired) electrons. The van der Waals surface area contributed by atoms with E-state index in [4.69, 9.17) is 22.1 Å². The highest BCUT2D eigenvalue weighted by atomic mass is 35.5. The molecule has 0 aliphatic rings. The van der Waals surface area contributed by atoms with E-state index in [2.05, 4.69) is 5.10 Å². The van der Waals surface area contributed by atoms with Gasteiger partial charge in [-0.3, -0.25) is 10.2 Å². The molecule has 0 fully saturated rings. The Labute approximate surface area is 72.7 Å². The highest BCUT2D eigenvalue weighted by Crippen LogP contribution is 1.97. The van der Waals surface area contributed by atoms with Gasteiger partial charge >= 0.3 is 5.97 Å². The predicted octanol–water partition coefficient (Wildman–Crippen LogP) is 0.101. The van der Waals surface area contributed by atoms with Gasteiger partial charge in [0.25, 0.3) is 0 Å². The van der Waals surface area contributed by atoms with Crippen molar-refractivity contribution in [2.45, 2.75) is 6.54 Å². The molecule has 0 saturated heterocycles. The van der Waals surface area contributed by atoms with Gasteiger partial charge in [0.05, 0.1) is 0 Å². The number of rotatable bonds is 2. The Morgan fingerprint density at radius 3 is 3.00 bits per heavy atom. The highest BCUT2D eigenvalue weighted by molar-refractivity contribution is 6.29. The number of carboxylic acids is 1. The maximum absolute atomic E-state index is 10.2. The average Bonchev–Trinajstić information content (AvgIpc) is 1.96. The number of carbonyl (C=O) groups is 1. The Morgan fingerprint density at radius 2 is 2.42 bits per heavy atom. The van der Waals surface area contributed by atoms with Gasteiger partial charge in [-0.15, -0.1) is 0 Å². The van der Waals surface area contributed by atoms with Crippen molar-refractivity contribution in [1.82, 2.24) is 9.78 Å². The number of hydrogen-bond donors (Lipinski definition) is 2. The molecule has 1 rings (SSSR count). The summed E-state index contributed by atoms with van der Waals surface area (Å²) in [5.41, 5.74) is 0.0156. The number of nitrogens with one attached hydrogen (secondary N) is 1. The summed E-state index contributed by atoms with van der Waals surface area (Å²) in [7, 11) is 0. The molecule has 0 amide bonds. The lowest BCUT2D eigenvalue weighted by Gasteiger charge is -2.00. The lowest BCUT2D eigenvalue weighted by atomic mass is 10.5. The van der Waals surface area contributed by atoms with Gasteiger partial charge in [0.2, 0.25) is 0 Å². The molecule has 64 valence electrons. The molecule has 1 aromatic rings. The van der Waals surface area contributed by atoms with E-state index in [0.717, 1.165) is 4.68 Å². The van der Waals surface area contributed by atoms with E-state index in [0.29, 0.717) is 0 Å². The molecule has 1 heterocycles. The maximum Gasteiger partial charge on any atom is 0.325 e. The molecule has 1 aromatic heterocycles. The highest BCUT2D eigenvalue weighted by Gasteiger charge is 2.00. The van der Waals surface area contributed by atoms with Crippen molar-refractivity contribution in [3.63, 3.8) is 0 Å². The van der Waals surface area contributed by atoms with E-state index in [1.165, 1.54) is 12.1 Å². The zero-order valence-corrected chi connectivity index (χ0v) is 6.75. The lowest BCUT2D eigenvalue weighted by Crippen LogP contribution is -2.25. The van der Waals surface area contributed by atoms with Crippen LogP contribution in [0.2, 0.25) is 5.15 Å². The number of aliphatic carboxylic acids is 1. The molecule has 12 heavy (non-hydrogen) atoms. The van der Waals surface area contributed by atoms with Crippen molar-refractivity contribution in [2.75, 3.05) is 0 Å². The SMILES string of the molecule is N=c1ccc(Cl)nn1CC(=O)O. The van der Waals surface area contributed by atoms with Gasteiger partial charge in [0.15, 0.2) is 0 Å². The first kappa shape index (κ1) is 8.73. The summed E-state index contributed by atoms with van der Waals surface area (Å²) in [6.45, 7) is -0.348. The Balaban J connectivity index is 3.06. The molecule has 2 N–H and O–H groups in total. The maximum atomic E-state index is 10.2. The third-order valence-corrected chi connectivity index (χ3v) is 1.36. The first-order chi connectivity index (χ1) is 5.59. The largest absolute Gasteiger partial charge is 0.480 e. The van der Waals surface area contributed by atoms with Crippen molar-refractivity contribution in [3.8, 4) is 0 Å². The fourth-order valence-electron chi connectivity index (χ4n) is 0.685. The third-order valence-electron chi connectivity index (χ3n) is 1.16. The van der Waals surface area contributed by atoms with Crippen molar-refractivity contribution < 1.29 is 9.90 Å². The van der Waals surface area contributed by atoms with E-state index in [-0.39, 0.29) is 17.2 Å². The van der Waals surface area contributed by atoms with Crippen LogP contribution in [0.25, 0.3) is 0 Å². The summed E-state index contributed by atoms with van der Waals surface area (Å²) in [6, 6.07) is 2.82. The summed E-state index contributed by atoms with van der Waals surface area (Å²) in [5, 5.41) is 19.4. The summed E-state index contributed by atoms with van der Waals surface area (Å²) in [6.07, 6.45) is 0. The van der Waals surface area contributed by atoms with Crippen LogP contribution in [0.4, 0.5) is 0 Å². The topological polar surface area (TPSA) is 79.0 Å². The van der Waals surface area contributed by atoms with Crippen LogP contribution >= 0.6 is 11.6 Å². The van der Waals surface area contributed by atoms with Crippen LogP contribution in [0.15, 0.2) is 12.1 Å². The molecule has 0 aliphatic heterocycles. The zero-order chi connectivity index (χ0) is 9.14. The molecular formula is C6H6ClN3O2.